The van der Waals surface area contributed by atoms with Gasteiger partial charge in [0.2, 0.25) is 5.91 Å². The zero-order chi connectivity index (χ0) is 21.6. The number of hydrogen-bond donors (Lipinski definition) is 0. The van der Waals surface area contributed by atoms with E-state index in [1.807, 2.05) is 31.7 Å². The van der Waals surface area contributed by atoms with Crippen molar-refractivity contribution in [2.45, 2.75) is 39.7 Å². The van der Waals surface area contributed by atoms with Crippen LogP contribution in [0.1, 0.15) is 40.1 Å². The van der Waals surface area contributed by atoms with Crippen molar-refractivity contribution < 1.29 is 13.7 Å². The minimum Gasteiger partial charge on any atom is -0.446 e. The van der Waals surface area contributed by atoms with Crippen LogP contribution in [0.25, 0.3) is 0 Å². The van der Waals surface area contributed by atoms with Gasteiger partial charge in [-0.15, -0.1) is 0 Å². The monoisotopic (exact) mass is 420 g/mol. The molecule has 1 amide bonds. The summed E-state index contributed by atoms with van der Waals surface area (Å²) in [5.41, 5.74) is 2.99. The van der Waals surface area contributed by atoms with Gasteiger partial charge in [-0.1, -0.05) is 35.5 Å². The van der Waals surface area contributed by atoms with E-state index in [4.69, 9.17) is 8.94 Å². The molecule has 2 aliphatic heterocycles. The Morgan fingerprint density at radius 1 is 1.16 bits per heavy atom. The number of carbonyl (C=O) groups is 1. The van der Waals surface area contributed by atoms with E-state index in [-0.39, 0.29) is 17.2 Å². The van der Waals surface area contributed by atoms with Crippen LogP contribution in [0, 0.1) is 26.2 Å². The molecule has 4 heterocycles. The molecule has 5 rings (SSSR count). The molecule has 1 aromatic carbocycles. The van der Waals surface area contributed by atoms with Crippen LogP contribution in [0.4, 0.5) is 0 Å². The highest BCUT2D eigenvalue weighted by molar-refractivity contribution is 5.80. The SMILES string of the molecule is Cc1cnc(C2CN(Cc3ccccc3)CC23CN(C(=O)Cc2c(C)noc2C)C3)o1. The number of carbonyl (C=O) groups excluding carboxylic acids is 1. The number of amides is 1. The normalized spacial score (nSPS) is 20.4. The van der Waals surface area contributed by atoms with Gasteiger partial charge in [-0.2, -0.15) is 0 Å². The zero-order valence-electron chi connectivity index (χ0n) is 18.3. The molecule has 0 bridgehead atoms. The van der Waals surface area contributed by atoms with Crippen LogP contribution in [0.2, 0.25) is 0 Å². The number of nitrogens with zero attached hydrogens (tertiary/aromatic N) is 4. The van der Waals surface area contributed by atoms with Crippen molar-refractivity contribution in [3.63, 3.8) is 0 Å². The first-order valence-electron chi connectivity index (χ1n) is 10.8. The van der Waals surface area contributed by atoms with E-state index in [0.717, 1.165) is 61.4 Å². The third-order valence-corrected chi connectivity index (χ3v) is 6.78. The lowest BCUT2D eigenvalue weighted by Crippen LogP contribution is -2.61. The van der Waals surface area contributed by atoms with Gasteiger partial charge < -0.3 is 13.8 Å². The summed E-state index contributed by atoms with van der Waals surface area (Å²) < 4.78 is 11.2. The Morgan fingerprint density at radius 2 is 1.94 bits per heavy atom. The van der Waals surface area contributed by atoms with E-state index in [1.54, 1.807) is 6.20 Å². The Hall–Kier alpha value is -2.93. The van der Waals surface area contributed by atoms with E-state index in [0.29, 0.717) is 6.42 Å². The Morgan fingerprint density at radius 3 is 2.58 bits per heavy atom. The summed E-state index contributed by atoms with van der Waals surface area (Å²) in [6.45, 7) is 9.85. The predicted molar refractivity (Wildman–Crippen MR) is 114 cm³/mol. The molecule has 162 valence electrons. The number of likely N-dealkylation sites (tertiary alicyclic amines) is 2. The summed E-state index contributed by atoms with van der Waals surface area (Å²) in [6, 6.07) is 10.5. The molecule has 0 aliphatic carbocycles. The van der Waals surface area contributed by atoms with E-state index < -0.39 is 0 Å². The van der Waals surface area contributed by atoms with Crippen LogP contribution in [-0.2, 0) is 17.8 Å². The Labute approximate surface area is 182 Å². The number of aryl methyl sites for hydroxylation is 3. The summed E-state index contributed by atoms with van der Waals surface area (Å²) in [4.78, 5) is 21.9. The van der Waals surface area contributed by atoms with Gasteiger partial charge in [-0.05, 0) is 26.3 Å². The maximum atomic E-state index is 13.0. The molecule has 7 nitrogen and oxygen atoms in total. The smallest absolute Gasteiger partial charge is 0.227 e. The molecular weight excluding hydrogens is 392 g/mol. The molecule has 1 atom stereocenters. The van der Waals surface area contributed by atoms with Crippen molar-refractivity contribution in [2.75, 3.05) is 26.2 Å². The summed E-state index contributed by atoms with van der Waals surface area (Å²) in [7, 11) is 0. The van der Waals surface area contributed by atoms with Crippen LogP contribution in [0.15, 0.2) is 45.5 Å². The highest BCUT2D eigenvalue weighted by Crippen LogP contribution is 2.49. The Kier molecular flexibility index (Phi) is 4.93. The fourth-order valence-corrected chi connectivity index (χ4v) is 5.14. The van der Waals surface area contributed by atoms with E-state index >= 15 is 0 Å². The maximum Gasteiger partial charge on any atom is 0.227 e. The Balaban J connectivity index is 1.32. The van der Waals surface area contributed by atoms with Crippen LogP contribution < -0.4 is 0 Å². The number of oxazole rings is 1. The fourth-order valence-electron chi connectivity index (χ4n) is 5.14. The van der Waals surface area contributed by atoms with E-state index in [1.165, 1.54) is 5.56 Å². The molecule has 3 aromatic rings. The number of aromatic nitrogens is 2. The molecule has 2 fully saturated rings. The number of benzene rings is 1. The summed E-state index contributed by atoms with van der Waals surface area (Å²) in [5.74, 6) is 2.67. The standard InChI is InChI=1S/C24H28N4O3/c1-16-10-25-23(30-16)21-12-27(11-19-7-5-4-6-8-19)13-24(21)14-28(15-24)22(29)9-20-17(2)26-31-18(20)3/h4-8,10,21H,9,11-15H2,1-3H3. The second-order valence-electron chi connectivity index (χ2n) is 9.11. The van der Waals surface area contributed by atoms with Gasteiger partial charge in [0.25, 0.3) is 0 Å². The molecule has 1 unspecified atom stereocenters. The average molecular weight is 421 g/mol. The second kappa shape index (κ2) is 7.64. The minimum atomic E-state index is -0.0134. The van der Waals surface area contributed by atoms with Gasteiger partial charge >= 0.3 is 0 Å². The lowest BCUT2D eigenvalue weighted by atomic mass is 9.71. The summed E-state index contributed by atoms with van der Waals surface area (Å²) >= 11 is 0. The highest BCUT2D eigenvalue weighted by atomic mass is 16.5. The molecule has 1 spiro atoms. The predicted octanol–water partition coefficient (Wildman–Crippen LogP) is 3.26. The number of rotatable bonds is 5. The largest absolute Gasteiger partial charge is 0.446 e. The third-order valence-electron chi connectivity index (χ3n) is 6.78. The maximum absolute atomic E-state index is 13.0. The lowest BCUT2D eigenvalue weighted by molar-refractivity contribution is -0.143. The molecule has 2 aromatic heterocycles. The first-order valence-corrected chi connectivity index (χ1v) is 10.8. The molecule has 0 radical (unpaired) electrons. The first kappa shape index (κ1) is 20.0. The summed E-state index contributed by atoms with van der Waals surface area (Å²) in [6.07, 6.45) is 2.13. The van der Waals surface area contributed by atoms with Crippen molar-refractivity contribution >= 4 is 5.91 Å². The van der Waals surface area contributed by atoms with Crippen molar-refractivity contribution in [1.82, 2.24) is 19.9 Å². The second-order valence-corrected chi connectivity index (χ2v) is 9.11. The Bertz CT molecular complexity index is 1060. The van der Waals surface area contributed by atoms with Gasteiger partial charge in [-0.3, -0.25) is 9.69 Å². The van der Waals surface area contributed by atoms with Crippen molar-refractivity contribution in [3.8, 4) is 0 Å². The van der Waals surface area contributed by atoms with Gasteiger partial charge in [0.1, 0.15) is 11.5 Å². The topological polar surface area (TPSA) is 75.6 Å². The number of hydrogen-bond acceptors (Lipinski definition) is 6. The van der Waals surface area contributed by atoms with Crippen LogP contribution >= 0.6 is 0 Å². The van der Waals surface area contributed by atoms with Crippen LogP contribution in [0.5, 0.6) is 0 Å². The molecule has 31 heavy (non-hydrogen) atoms. The van der Waals surface area contributed by atoms with Crippen molar-refractivity contribution in [1.29, 1.82) is 0 Å². The van der Waals surface area contributed by atoms with E-state index in [2.05, 4.69) is 39.3 Å². The van der Waals surface area contributed by atoms with Gasteiger partial charge in [0.05, 0.1) is 24.2 Å². The molecule has 0 N–H and O–H groups in total. The van der Waals surface area contributed by atoms with Crippen LogP contribution in [0.3, 0.4) is 0 Å². The summed E-state index contributed by atoms with van der Waals surface area (Å²) in [5, 5.41) is 3.97. The lowest BCUT2D eigenvalue weighted by Gasteiger charge is -2.50. The van der Waals surface area contributed by atoms with Crippen LogP contribution in [-0.4, -0.2) is 52.0 Å². The molecule has 2 saturated heterocycles. The van der Waals surface area contributed by atoms with E-state index in [9.17, 15) is 4.79 Å². The fraction of sp³-hybridized carbons (Fsp3) is 0.458. The quantitative estimate of drug-likeness (QED) is 0.631. The molecular formula is C24H28N4O3. The first-order chi connectivity index (χ1) is 14.9. The molecule has 7 heteroatoms. The average Bonchev–Trinajstić information content (AvgIpc) is 3.40. The molecule has 0 saturated carbocycles. The van der Waals surface area contributed by atoms with Gasteiger partial charge in [0, 0.05) is 43.7 Å². The molecule has 2 aliphatic rings. The third kappa shape index (κ3) is 3.67. The van der Waals surface area contributed by atoms with Crippen molar-refractivity contribution in [3.05, 3.63) is 70.8 Å². The van der Waals surface area contributed by atoms with Gasteiger partial charge in [-0.25, -0.2) is 4.98 Å². The van der Waals surface area contributed by atoms with Crippen molar-refractivity contribution in [2.24, 2.45) is 5.41 Å². The zero-order valence-corrected chi connectivity index (χ0v) is 18.3. The highest BCUT2D eigenvalue weighted by Gasteiger charge is 2.57. The minimum absolute atomic E-state index is 0.0134. The van der Waals surface area contributed by atoms with Gasteiger partial charge in [0.15, 0.2) is 5.89 Å².